The van der Waals surface area contributed by atoms with Crippen LogP contribution in [-0.2, 0) is 60.7 Å². The number of nitrogens with one attached hydrogen (secondary N) is 7. The van der Waals surface area contributed by atoms with Gasteiger partial charge in [0.1, 0.15) is 36.0 Å². The number of amides is 7. The number of carboxylic acids is 2. The molecule has 23 heteroatoms. The van der Waals surface area contributed by atoms with Crippen molar-refractivity contribution < 1.29 is 63.2 Å². The maximum Gasteiger partial charge on any atom is 0.326 e. The molecule has 2 aromatic carbocycles. The minimum absolute atomic E-state index is 0.00904. The highest BCUT2D eigenvalue weighted by atomic mass is 16.5. The van der Waals surface area contributed by atoms with E-state index < -0.39 is 120 Å². The molecule has 0 aromatic heterocycles. The van der Waals surface area contributed by atoms with Gasteiger partial charge in [0.2, 0.25) is 35.4 Å². The average molecular weight is 1030 g/mol. The average Bonchev–Trinajstić information content (AvgIpc) is 3.34. The molecule has 9 atom stereocenters. The molecule has 0 bridgehead atoms. The molecule has 7 amide bonds. The fraction of sp³-hybridized carbons (Fsp3) is 0.451. The molecule has 1 saturated heterocycles. The number of carboxylic acid groups (broad SMARTS) is 2. The van der Waals surface area contributed by atoms with E-state index >= 15 is 0 Å². The molecular weight excluding hydrogens is 961 g/mol. The Morgan fingerprint density at radius 2 is 1.42 bits per heavy atom. The van der Waals surface area contributed by atoms with Gasteiger partial charge in [-0.3, -0.25) is 38.6 Å². The molecule has 0 saturated carbocycles. The standard InChI is InChI=1S/C51H70N10O13/c1-28(25-29(2)41(74-6)26-34-11-8-7-9-12-34)14-20-36-30(3)44(65)60-39(49(70)71)22-23-42(63)55-31(4)45(66)56-32(5)46(67)59-38(21-17-33-15-18-35(62)19-16-33)48(69)61-40(50(72)73)27-43(64)57-37(47(68)58-36)13-10-24-54-51(52)53/h7-9,11-12,14-16,18-20,25,29-30,32,36-41,62H,4,10,13,17,21-24,26-27H2,1-3,5-6H3,(H,55,63)(H,56,66)(H,57,64)(H,58,68)(H,59,67)(H,60,65)(H,61,69)(H,70,71)(H,72,73)(H4,52,53,54)/b20-14+,28-25+/t29-,30-,32+,36-,37-,38-,39+,40+,41-/m0/s1. The summed E-state index contributed by atoms with van der Waals surface area (Å²) in [6.07, 6.45) is 3.53. The van der Waals surface area contributed by atoms with Crippen molar-refractivity contribution in [2.24, 2.45) is 28.3 Å². The second-order valence-electron chi connectivity index (χ2n) is 18.0. The smallest absolute Gasteiger partial charge is 0.326 e. The number of nitrogens with two attached hydrogens (primary N) is 2. The molecule has 3 rings (SSSR count). The Morgan fingerprint density at radius 3 is 2.04 bits per heavy atom. The largest absolute Gasteiger partial charge is 0.508 e. The van der Waals surface area contributed by atoms with E-state index in [1.807, 2.05) is 43.3 Å². The van der Waals surface area contributed by atoms with Crippen molar-refractivity contribution in [3.8, 4) is 5.75 Å². The van der Waals surface area contributed by atoms with E-state index in [1.165, 1.54) is 32.1 Å². The first-order chi connectivity index (χ1) is 35.0. The monoisotopic (exact) mass is 1030 g/mol. The van der Waals surface area contributed by atoms with Gasteiger partial charge >= 0.3 is 11.9 Å². The zero-order valence-electron chi connectivity index (χ0n) is 42.2. The van der Waals surface area contributed by atoms with Crippen molar-refractivity contribution >= 4 is 59.2 Å². The van der Waals surface area contributed by atoms with Gasteiger partial charge in [-0.2, -0.15) is 0 Å². The third kappa shape index (κ3) is 20.9. The number of rotatable bonds is 16. The van der Waals surface area contributed by atoms with Crippen molar-refractivity contribution in [3.05, 3.63) is 102 Å². The van der Waals surface area contributed by atoms with Gasteiger partial charge in [0.05, 0.1) is 30.2 Å². The summed E-state index contributed by atoms with van der Waals surface area (Å²) in [4.78, 5) is 124. The van der Waals surface area contributed by atoms with Gasteiger partial charge < -0.3 is 68.7 Å². The fourth-order valence-electron chi connectivity index (χ4n) is 7.63. The summed E-state index contributed by atoms with van der Waals surface area (Å²) in [5.74, 6) is -11.3. The van der Waals surface area contributed by atoms with E-state index in [2.05, 4.69) is 48.8 Å². The minimum atomic E-state index is -1.91. The molecule has 23 nitrogen and oxygen atoms in total. The predicted molar refractivity (Wildman–Crippen MR) is 272 cm³/mol. The third-order valence-electron chi connectivity index (χ3n) is 12.0. The van der Waals surface area contributed by atoms with E-state index in [9.17, 15) is 58.5 Å². The van der Waals surface area contributed by atoms with Crippen LogP contribution in [-0.4, -0.2) is 131 Å². The summed E-state index contributed by atoms with van der Waals surface area (Å²) in [7, 11) is 1.60. The zero-order valence-corrected chi connectivity index (χ0v) is 42.2. The van der Waals surface area contributed by atoms with Crippen molar-refractivity contribution in [1.29, 1.82) is 0 Å². The maximum atomic E-state index is 14.3. The normalized spacial score (nSPS) is 23.5. The molecule has 2 aromatic rings. The number of aliphatic carboxylic acids is 2. The van der Waals surface area contributed by atoms with Crippen LogP contribution in [0.15, 0.2) is 95.7 Å². The Bertz CT molecular complexity index is 2410. The number of phenolic OH excluding ortho intramolecular Hbond substituents is 1. The topological polar surface area (TPSA) is 372 Å². The highest BCUT2D eigenvalue weighted by Gasteiger charge is 2.34. The first-order valence-corrected chi connectivity index (χ1v) is 24.0. The van der Waals surface area contributed by atoms with Gasteiger partial charge in [0.15, 0.2) is 5.96 Å². The molecule has 1 fully saturated rings. The molecule has 1 aliphatic heterocycles. The highest BCUT2D eigenvalue weighted by molar-refractivity contribution is 6.00. The van der Waals surface area contributed by atoms with Crippen LogP contribution in [0.1, 0.15) is 77.3 Å². The zero-order chi connectivity index (χ0) is 55.1. The first-order valence-electron chi connectivity index (χ1n) is 24.0. The van der Waals surface area contributed by atoms with Crippen LogP contribution in [0.4, 0.5) is 0 Å². The van der Waals surface area contributed by atoms with Gasteiger partial charge in [-0.15, -0.1) is 0 Å². The molecule has 14 N–H and O–H groups in total. The van der Waals surface area contributed by atoms with Crippen LogP contribution in [0, 0.1) is 11.8 Å². The molecule has 0 aliphatic carbocycles. The van der Waals surface area contributed by atoms with Gasteiger partial charge in [0.25, 0.3) is 5.91 Å². The third-order valence-corrected chi connectivity index (χ3v) is 12.0. The molecular formula is C51H70N10O13. The quantitative estimate of drug-likeness (QED) is 0.0354. The van der Waals surface area contributed by atoms with E-state index in [4.69, 9.17) is 16.2 Å². The summed E-state index contributed by atoms with van der Waals surface area (Å²) in [6, 6.07) is 6.64. The van der Waals surface area contributed by atoms with Gasteiger partial charge in [-0.25, -0.2) is 9.59 Å². The predicted octanol–water partition coefficient (Wildman–Crippen LogP) is 0.323. The van der Waals surface area contributed by atoms with E-state index in [0.29, 0.717) is 17.6 Å². The van der Waals surface area contributed by atoms with Crippen LogP contribution >= 0.6 is 0 Å². The summed E-state index contributed by atoms with van der Waals surface area (Å²) in [6.45, 7) is 9.96. The van der Waals surface area contributed by atoms with Crippen molar-refractivity contribution in [2.75, 3.05) is 13.7 Å². The van der Waals surface area contributed by atoms with Gasteiger partial charge in [-0.05, 0) is 75.6 Å². The lowest BCUT2D eigenvalue weighted by molar-refractivity contribution is -0.144. The van der Waals surface area contributed by atoms with Crippen LogP contribution in [0.5, 0.6) is 5.75 Å². The Kier molecular flexibility index (Phi) is 24.5. The second kappa shape index (κ2) is 30.1. The van der Waals surface area contributed by atoms with Crippen LogP contribution in [0.2, 0.25) is 0 Å². The van der Waals surface area contributed by atoms with Gasteiger partial charge in [0, 0.05) is 26.0 Å². The molecule has 1 heterocycles. The van der Waals surface area contributed by atoms with E-state index in [-0.39, 0.29) is 56.0 Å². The van der Waals surface area contributed by atoms with E-state index in [0.717, 1.165) is 5.56 Å². The number of hydrogen-bond donors (Lipinski definition) is 12. The summed E-state index contributed by atoms with van der Waals surface area (Å²) in [5, 5.41) is 47.1. The number of phenols is 1. The number of guanidine groups is 1. The number of methoxy groups -OCH3 is 1. The van der Waals surface area contributed by atoms with Crippen LogP contribution in [0.25, 0.3) is 0 Å². The number of nitrogens with zero attached hydrogens (tertiary/aromatic N) is 1. The number of allylic oxidation sites excluding steroid dienone is 2. The number of ether oxygens (including phenoxy) is 1. The number of aryl methyl sites for hydroxylation is 1. The lowest BCUT2D eigenvalue weighted by atomic mass is 9.94. The Hall–Kier alpha value is -8.08. The molecule has 0 radical (unpaired) electrons. The number of hydrogen-bond acceptors (Lipinski definition) is 12. The number of carbonyl (C=O) groups is 9. The van der Waals surface area contributed by atoms with Gasteiger partial charge in [-0.1, -0.05) is 86.7 Å². The summed E-state index contributed by atoms with van der Waals surface area (Å²) < 4.78 is 5.81. The van der Waals surface area contributed by atoms with Crippen molar-refractivity contribution in [3.63, 3.8) is 0 Å². The van der Waals surface area contributed by atoms with Crippen molar-refractivity contribution in [2.45, 2.75) is 121 Å². The molecule has 0 unspecified atom stereocenters. The van der Waals surface area contributed by atoms with Crippen LogP contribution in [0.3, 0.4) is 0 Å². The fourth-order valence-corrected chi connectivity index (χ4v) is 7.63. The number of benzene rings is 2. The number of aliphatic imine (C=N–C) groups is 1. The Morgan fingerprint density at radius 1 is 0.797 bits per heavy atom. The lowest BCUT2D eigenvalue weighted by Gasteiger charge is -2.27. The molecule has 402 valence electrons. The first kappa shape index (κ1) is 60.2. The Labute approximate surface area is 429 Å². The maximum absolute atomic E-state index is 14.3. The molecule has 74 heavy (non-hydrogen) atoms. The second-order valence-corrected chi connectivity index (χ2v) is 18.0. The SMILES string of the molecule is C=C1NC(=O)CC[C@H](C(=O)O)NC(=O)[C@@H](C)[C@H](/C=C/C(C)=C/[C@H](C)[C@H](Cc2ccccc2)OC)NC(=O)[C@H](CCCN=C(N)N)NC(=O)C[C@H](C(=O)O)NC(=O)[C@H](CCc2ccc(O)cc2)NC(=O)[C@@H](C)NC1=O. The van der Waals surface area contributed by atoms with Crippen molar-refractivity contribution in [1.82, 2.24) is 37.2 Å². The lowest BCUT2D eigenvalue weighted by Crippen LogP contribution is -2.56. The van der Waals surface area contributed by atoms with Crippen LogP contribution < -0.4 is 48.7 Å². The summed E-state index contributed by atoms with van der Waals surface area (Å²) in [5.41, 5.74) is 12.8. The summed E-state index contributed by atoms with van der Waals surface area (Å²) >= 11 is 0. The highest BCUT2D eigenvalue weighted by Crippen LogP contribution is 2.19. The Balaban J connectivity index is 2.07. The minimum Gasteiger partial charge on any atom is -0.508 e. The number of aromatic hydroxyl groups is 1. The molecule has 0 spiro atoms. The van der Waals surface area contributed by atoms with E-state index in [1.54, 1.807) is 32.2 Å². The molecule has 1 aliphatic rings. The number of carbonyl (C=O) groups excluding carboxylic acids is 7.